The van der Waals surface area contributed by atoms with Crippen molar-refractivity contribution >= 4 is 6.29 Å². The number of hydrogen-bond donors (Lipinski definition) is 0. The van der Waals surface area contributed by atoms with Crippen molar-refractivity contribution in [2.45, 2.75) is 13.8 Å². The van der Waals surface area contributed by atoms with Gasteiger partial charge in [0.05, 0.1) is 7.11 Å². The molecule has 0 aliphatic carbocycles. The maximum atomic E-state index is 10.7. The van der Waals surface area contributed by atoms with Gasteiger partial charge in [0, 0.05) is 5.56 Å². The van der Waals surface area contributed by atoms with E-state index in [9.17, 15) is 4.79 Å². The van der Waals surface area contributed by atoms with E-state index in [0.29, 0.717) is 5.56 Å². The average Bonchev–Trinajstić information content (AvgIpc) is 2.38. The minimum atomic E-state index is 0.697. The molecule has 0 atom stereocenters. The van der Waals surface area contributed by atoms with Crippen LogP contribution >= 0.6 is 0 Å². The van der Waals surface area contributed by atoms with Gasteiger partial charge in [0.1, 0.15) is 12.0 Å². The van der Waals surface area contributed by atoms with Crippen LogP contribution in [0.25, 0.3) is 11.1 Å². The number of benzene rings is 2. The molecule has 2 rings (SSSR count). The number of ether oxygens (including phenoxy) is 1. The second kappa shape index (κ2) is 5.05. The van der Waals surface area contributed by atoms with Gasteiger partial charge in [-0.3, -0.25) is 4.79 Å². The van der Waals surface area contributed by atoms with Gasteiger partial charge in [0.15, 0.2) is 0 Å². The molecule has 0 spiro atoms. The predicted octanol–water partition coefficient (Wildman–Crippen LogP) is 3.79. The van der Waals surface area contributed by atoms with Crippen molar-refractivity contribution < 1.29 is 9.53 Å². The molecular formula is C16H16O2. The zero-order valence-corrected chi connectivity index (χ0v) is 10.9. The molecule has 0 unspecified atom stereocenters. The van der Waals surface area contributed by atoms with Gasteiger partial charge in [0.2, 0.25) is 0 Å². The van der Waals surface area contributed by atoms with Crippen LogP contribution in [-0.4, -0.2) is 13.4 Å². The van der Waals surface area contributed by atoms with Crippen molar-refractivity contribution in [3.8, 4) is 16.9 Å². The summed E-state index contributed by atoms with van der Waals surface area (Å²) in [6, 6.07) is 11.7. The normalized spacial score (nSPS) is 10.2. The first-order valence-electron chi connectivity index (χ1n) is 5.86. The van der Waals surface area contributed by atoms with Crippen molar-refractivity contribution in [3.63, 3.8) is 0 Å². The number of hydrogen-bond acceptors (Lipinski definition) is 2. The fraction of sp³-hybridized carbons (Fsp3) is 0.188. The molecule has 0 saturated carbocycles. The number of rotatable bonds is 3. The summed E-state index contributed by atoms with van der Waals surface area (Å²) in [6.45, 7) is 4.14. The Morgan fingerprint density at radius 2 is 1.56 bits per heavy atom. The Bertz CT molecular complexity index is 545. The summed E-state index contributed by atoms with van der Waals surface area (Å²) in [7, 11) is 1.67. The smallest absolute Gasteiger partial charge is 0.150 e. The predicted molar refractivity (Wildman–Crippen MR) is 73.3 cm³/mol. The molecular weight excluding hydrogens is 224 g/mol. The highest BCUT2D eigenvalue weighted by molar-refractivity contribution is 5.78. The van der Waals surface area contributed by atoms with E-state index in [2.05, 4.69) is 13.8 Å². The van der Waals surface area contributed by atoms with Crippen molar-refractivity contribution in [2.75, 3.05) is 7.11 Å². The number of methoxy groups -OCH3 is 1. The maximum absolute atomic E-state index is 10.7. The summed E-state index contributed by atoms with van der Waals surface area (Å²) < 4.78 is 5.26. The molecule has 0 heterocycles. The summed E-state index contributed by atoms with van der Waals surface area (Å²) in [4.78, 5) is 10.7. The van der Waals surface area contributed by atoms with Crippen LogP contribution in [0.15, 0.2) is 36.4 Å². The summed E-state index contributed by atoms with van der Waals surface area (Å²) >= 11 is 0. The van der Waals surface area contributed by atoms with Crippen molar-refractivity contribution in [1.29, 1.82) is 0 Å². The van der Waals surface area contributed by atoms with Gasteiger partial charge in [-0.25, -0.2) is 0 Å². The third-order valence-corrected chi connectivity index (χ3v) is 3.08. The largest absolute Gasteiger partial charge is 0.497 e. The summed E-state index contributed by atoms with van der Waals surface area (Å²) in [5, 5.41) is 0. The van der Waals surface area contributed by atoms with E-state index >= 15 is 0 Å². The molecule has 0 amide bonds. The Morgan fingerprint density at radius 1 is 1.00 bits per heavy atom. The van der Waals surface area contributed by atoms with E-state index in [0.717, 1.165) is 17.6 Å². The van der Waals surface area contributed by atoms with E-state index in [-0.39, 0.29) is 0 Å². The van der Waals surface area contributed by atoms with Gasteiger partial charge in [-0.2, -0.15) is 0 Å². The van der Waals surface area contributed by atoms with E-state index in [1.165, 1.54) is 16.7 Å². The third-order valence-electron chi connectivity index (χ3n) is 3.08. The fourth-order valence-corrected chi connectivity index (χ4v) is 2.23. The topological polar surface area (TPSA) is 26.3 Å². The number of aldehydes is 1. The molecule has 2 heteroatoms. The Hall–Kier alpha value is -2.09. The molecule has 0 aromatic heterocycles. The summed E-state index contributed by atoms with van der Waals surface area (Å²) in [5.74, 6) is 0.873. The van der Waals surface area contributed by atoms with Gasteiger partial charge in [-0.05, 0) is 48.2 Å². The highest BCUT2D eigenvalue weighted by Crippen LogP contribution is 2.30. The first-order chi connectivity index (χ1) is 8.65. The van der Waals surface area contributed by atoms with Crippen molar-refractivity contribution in [1.82, 2.24) is 0 Å². The number of carbonyl (C=O) groups is 1. The van der Waals surface area contributed by atoms with Gasteiger partial charge in [-0.1, -0.05) is 24.3 Å². The minimum absolute atomic E-state index is 0.697. The van der Waals surface area contributed by atoms with Crippen LogP contribution in [0.1, 0.15) is 21.5 Å². The highest BCUT2D eigenvalue weighted by Gasteiger charge is 2.07. The molecule has 92 valence electrons. The maximum Gasteiger partial charge on any atom is 0.150 e. The molecule has 0 aliphatic rings. The summed E-state index contributed by atoms with van der Waals surface area (Å²) in [6.07, 6.45) is 0.859. The molecule has 0 bridgehead atoms. The van der Waals surface area contributed by atoms with Crippen molar-refractivity contribution in [2.24, 2.45) is 0 Å². The SMILES string of the molecule is COc1cc(C)c(-c2ccc(C=O)cc2)c(C)c1. The van der Waals surface area contributed by atoms with Crippen LogP contribution in [0.2, 0.25) is 0 Å². The van der Waals surface area contributed by atoms with E-state index in [1.54, 1.807) is 7.11 Å². The molecule has 2 nitrogen and oxygen atoms in total. The summed E-state index contributed by atoms with van der Waals surface area (Å²) in [5.41, 5.74) is 5.37. The standard InChI is InChI=1S/C16H16O2/c1-11-8-15(18-3)9-12(2)16(11)14-6-4-13(10-17)5-7-14/h4-10H,1-3H3. The third kappa shape index (κ3) is 2.28. The van der Waals surface area contributed by atoms with Gasteiger partial charge < -0.3 is 4.74 Å². The number of carbonyl (C=O) groups excluding carboxylic acids is 1. The van der Waals surface area contributed by atoms with E-state index in [1.807, 2.05) is 36.4 Å². The zero-order chi connectivity index (χ0) is 13.1. The van der Waals surface area contributed by atoms with Gasteiger partial charge in [-0.15, -0.1) is 0 Å². The first kappa shape index (κ1) is 12.4. The molecule has 0 fully saturated rings. The van der Waals surface area contributed by atoms with E-state index < -0.39 is 0 Å². The molecule has 0 aliphatic heterocycles. The Morgan fingerprint density at radius 3 is 2.00 bits per heavy atom. The zero-order valence-electron chi connectivity index (χ0n) is 10.9. The van der Waals surface area contributed by atoms with Crippen molar-refractivity contribution in [3.05, 3.63) is 53.1 Å². The second-order valence-electron chi connectivity index (χ2n) is 4.38. The quantitative estimate of drug-likeness (QED) is 0.763. The lowest BCUT2D eigenvalue weighted by molar-refractivity contribution is 0.112. The Kier molecular flexibility index (Phi) is 3.47. The lowest BCUT2D eigenvalue weighted by Gasteiger charge is -2.12. The molecule has 0 radical (unpaired) electrons. The number of aryl methyl sites for hydroxylation is 2. The van der Waals surface area contributed by atoms with Crippen LogP contribution in [0, 0.1) is 13.8 Å². The monoisotopic (exact) mass is 240 g/mol. The highest BCUT2D eigenvalue weighted by atomic mass is 16.5. The van der Waals surface area contributed by atoms with Crippen LogP contribution in [0.3, 0.4) is 0 Å². The molecule has 18 heavy (non-hydrogen) atoms. The lowest BCUT2D eigenvalue weighted by Crippen LogP contribution is -1.92. The van der Waals surface area contributed by atoms with Crippen LogP contribution in [0.5, 0.6) is 5.75 Å². The fourth-order valence-electron chi connectivity index (χ4n) is 2.23. The first-order valence-corrected chi connectivity index (χ1v) is 5.86. The average molecular weight is 240 g/mol. The molecule has 2 aromatic rings. The van der Waals surface area contributed by atoms with Crippen LogP contribution < -0.4 is 4.74 Å². The van der Waals surface area contributed by atoms with Gasteiger partial charge >= 0.3 is 0 Å². The lowest BCUT2D eigenvalue weighted by atomic mass is 9.95. The second-order valence-corrected chi connectivity index (χ2v) is 4.38. The van der Waals surface area contributed by atoms with Crippen LogP contribution in [-0.2, 0) is 0 Å². The molecule has 2 aromatic carbocycles. The Labute approximate surface area is 107 Å². The Balaban J connectivity index is 2.52. The molecule has 0 N–H and O–H groups in total. The van der Waals surface area contributed by atoms with E-state index in [4.69, 9.17) is 4.74 Å². The van der Waals surface area contributed by atoms with Gasteiger partial charge in [0.25, 0.3) is 0 Å². The minimum Gasteiger partial charge on any atom is -0.497 e. The molecule has 0 saturated heterocycles. The van der Waals surface area contributed by atoms with Crippen LogP contribution in [0.4, 0.5) is 0 Å².